The first-order valence-corrected chi connectivity index (χ1v) is 13.1. The largest absolute Gasteiger partial charge is 0.448 e. The molecule has 0 unspecified atom stereocenters. The summed E-state index contributed by atoms with van der Waals surface area (Å²) >= 11 is 0. The maximum absolute atomic E-state index is 13.7. The van der Waals surface area contributed by atoms with Crippen molar-refractivity contribution >= 4 is 16.9 Å². The van der Waals surface area contributed by atoms with Crippen molar-refractivity contribution in [1.82, 2.24) is 30.2 Å². The highest BCUT2D eigenvalue weighted by atomic mass is 19.1. The zero-order valence-electron chi connectivity index (χ0n) is 21.0. The third-order valence-corrected chi connectivity index (χ3v) is 6.98. The van der Waals surface area contributed by atoms with Crippen molar-refractivity contribution in [2.24, 2.45) is 5.92 Å². The number of carbonyl (C=O) groups excluding carboxylic acids is 1. The Bertz CT molecular complexity index is 1330. The van der Waals surface area contributed by atoms with Crippen LogP contribution in [0.1, 0.15) is 60.0 Å². The number of nitrogens with one attached hydrogen (secondary N) is 2. The van der Waals surface area contributed by atoms with Gasteiger partial charge in [-0.15, -0.1) is 0 Å². The monoisotopic (exact) mass is 504 g/mol. The Morgan fingerprint density at radius 1 is 1.05 bits per heavy atom. The van der Waals surface area contributed by atoms with E-state index in [1.807, 2.05) is 6.07 Å². The highest BCUT2D eigenvalue weighted by Gasteiger charge is 2.18. The molecule has 0 spiro atoms. The maximum atomic E-state index is 13.7. The van der Waals surface area contributed by atoms with Gasteiger partial charge in [-0.2, -0.15) is 0 Å². The van der Waals surface area contributed by atoms with Gasteiger partial charge in [0.15, 0.2) is 11.6 Å². The number of pyridine rings is 1. The molecular weight excluding hydrogens is 471 g/mol. The van der Waals surface area contributed by atoms with E-state index in [1.165, 1.54) is 62.2 Å². The van der Waals surface area contributed by atoms with Crippen LogP contribution in [0, 0.1) is 11.7 Å². The SMILES string of the molecule is O=C(NCc1ncccc1F)c1coc(CCNCCc2nc3ccccc3n2CC2CCCCC2)n1. The fourth-order valence-corrected chi connectivity index (χ4v) is 5.00. The van der Waals surface area contributed by atoms with E-state index in [4.69, 9.17) is 9.40 Å². The number of benzene rings is 1. The molecule has 5 rings (SSSR count). The molecule has 0 saturated heterocycles. The van der Waals surface area contributed by atoms with E-state index in [1.54, 1.807) is 0 Å². The van der Waals surface area contributed by atoms with Crippen molar-refractivity contribution in [3.05, 3.63) is 77.8 Å². The van der Waals surface area contributed by atoms with Crippen LogP contribution in [-0.4, -0.2) is 38.5 Å². The van der Waals surface area contributed by atoms with E-state index < -0.39 is 11.7 Å². The van der Waals surface area contributed by atoms with Gasteiger partial charge in [-0.1, -0.05) is 31.4 Å². The van der Waals surface area contributed by atoms with Gasteiger partial charge in [-0.25, -0.2) is 14.4 Å². The number of fused-ring (bicyclic) bond motifs is 1. The van der Waals surface area contributed by atoms with Crippen molar-refractivity contribution in [2.45, 2.75) is 58.0 Å². The van der Waals surface area contributed by atoms with Crippen molar-refractivity contribution in [3.8, 4) is 0 Å². The Kier molecular flexibility index (Phi) is 8.20. The molecule has 4 aromatic rings. The molecule has 1 fully saturated rings. The van der Waals surface area contributed by atoms with Gasteiger partial charge in [0.25, 0.3) is 5.91 Å². The first kappa shape index (κ1) is 25.1. The Morgan fingerprint density at radius 2 is 1.89 bits per heavy atom. The summed E-state index contributed by atoms with van der Waals surface area (Å²) in [6.07, 6.45) is 10.8. The van der Waals surface area contributed by atoms with Crippen LogP contribution >= 0.6 is 0 Å². The molecule has 0 bridgehead atoms. The van der Waals surface area contributed by atoms with Crippen LogP contribution in [0.15, 0.2) is 53.3 Å². The normalized spacial score (nSPS) is 14.3. The zero-order chi connectivity index (χ0) is 25.5. The molecule has 3 aromatic heterocycles. The maximum Gasteiger partial charge on any atom is 0.273 e. The number of oxazole rings is 1. The minimum Gasteiger partial charge on any atom is -0.448 e. The van der Waals surface area contributed by atoms with Crippen molar-refractivity contribution in [1.29, 1.82) is 0 Å². The van der Waals surface area contributed by atoms with Crippen LogP contribution in [-0.2, 0) is 25.9 Å². The molecular formula is C28H33FN6O2. The van der Waals surface area contributed by atoms with Crippen LogP contribution in [0.3, 0.4) is 0 Å². The number of imidazole rings is 1. The quantitative estimate of drug-likeness (QED) is 0.293. The second-order valence-corrected chi connectivity index (χ2v) is 9.62. The molecule has 9 heteroatoms. The standard InChI is InChI=1S/C28H33FN6O2/c29-21-9-6-14-31-23(21)17-32-28(36)24-19-37-27(34-24)13-16-30-15-12-26-33-22-10-4-5-11-25(22)35(26)18-20-7-2-1-3-8-20/h4-6,9-11,14,19-20,30H,1-3,7-8,12-13,15-18H2,(H,32,36). The van der Waals surface area contributed by atoms with Crippen LogP contribution in [0.2, 0.25) is 0 Å². The van der Waals surface area contributed by atoms with E-state index in [-0.39, 0.29) is 17.9 Å². The summed E-state index contributed by atoms with van der Waals surface area (Å²) in [5, 5.41) is 6.07. The van der Waals surface area contributed by atoms with Gasteiger partial charge >= 0.3 is 0 Å². The van der Waals surface area contributed by atoms with Crippen LogP contribution in [0.25, 0.3) is 11.0 Å². The summed E-state index contributed by atoms with van der Waals surface area (Å²) in [6, 6.07) is 11.2. The second-order valence-electron chi connectivity index (χ2n) is 9.62. The van der Waals surface area contributed by atoms with Gasteiger partial charge in [-0.05, 0) is 43.0 Å². The number of halogens is 1. The lowest BCUT2D eigenvalue weighted by Crippen LogP contribution is -2.24. The number of nitrogens with zero attached hydrogens (tertiary/aromatic N) is 4. The summed E-state index contributed by atoms with van der Waals surface area (Å²) < 4.78 is 21.6. The molecule has 1 amide bonds. The molecule has 8 nitrogen and oxygen atoms in total. The van der Waals surface area contributed by atoms with Gasteiger partial charge < -0.3 is 19.6 Å². The molecule has 1 aliphatic carbocycles. The Hall–Kier alpha value is -3.59. The first-order chi connectivity index (χ1) is 18.2. The zero-order valence-corrected chi connectivity index (χ0v) is 21.0. The number of rotatable bonds is 11. The van der Waals surface area contributed by atoms with E-state index in [0.29, 0.717) is 18.9 Å². The molecule has 1 aliphatic rings. The Balaban J connectivity index is 1.09. The summed E-state index contributed by atoms with van der Waals surface area (Å²) in [5.41, 5.74) is 2.63. The number of carbonyl (C=O) groups is 1. The minimum absolute atomic E-state index is 0.0131. The summed E-state index contributed by atoms with van der Waals surface area (Å²) in [5.74, 6) is 1.45. The molecule has 2 N–H and O–H groups in total. The Morgan fingerprint density at radius 3 is 2.76 bits per heavy atom. The molecule has 0 atom stereocenters. The van der Waals surface area contributed by atoms with Gasteiger partial charge in [0, 0.05) is 38.7 Å². The number of para-hydroxylation sites is 2. The summed E-state index contributed by atoms with van der Waals surface area (Å²) in [6.45, 7) is 2.49. The minimum atomic E-state index is -0.459. The lowest BCUT2D eigenvalue weighted by atomic mass is 9.89. The molecule has 37 heavy (non-hydrogen) atoms. The molecule has 0 radical (unpaired) electrons. The molecule has 0 aliphatic heterocycles. The highest BCUT2D eigenvalue weighted by molar-refractivity contribution is 5.91. The van der Waals surface area contributed by atoms with Gasteiger partial charge in [-0.3, -0.25) is 9.78 Å². The Labute approximate surface area is 215 Å². The lowest BCUT2D eigenvalue weighted by molar-refractivity contribution is 0.0945. The van der Waals surface area contributed by atoms with Gasteiger partial charge in [0.2, 0.25) is 0 Å². The molecule has 1 saturated carbocycles. The number of amides is 1. The average molecular weight is 505 g/mol. The fraction of sp³-hybridized carbons (Fsp3) is 0.429. The van der Waals surface area contributed by atoms with Crippen LogP contribution < -0.4 is 10.6 Å². The molecule has 3 heterocycles. The van der Waals surface area contributed by atoms with E-state index in [0.717, 1.165) is 36.8 Å². The number of aromatic nitrogens is 4. The second kappa shape index (κ2) is 12.1. The van der Waals surface area contributed by atoms with Crippen molar-refractivity contribution in [3.63, 3.8) is 0 Å². The van der Waals surface area contributed by atoms with Crippen LogP contribution in [0.5, 0.6) is 0 Å². The number of hydrogen-bond acceptors (Lipinski definition) is 6. The molecule has 1 aromatic carbocycles. The predicted molar refractivity (Wildman–Crippen MR) is 138 cm³/mol. The summed E-state index contributed by atoms with van der Waals surface area (Å²) in [7, 11) is 0. The van der Waals surface area contributed by atoms with E-state index in [9.17, 15) is 9.18 Å². The highest BCUT2D eigenvalue weighted by Crippen LogP contribution is 2.27. The predicted octanol–water partition coefficient (Wildman–Crippen LogP) is 4.44. The van der Waals surface area contributed by atoms with Crippen LogP contribution in [0.4, 0.5) is 4.39 Å². The molecule has 194 valence electrons. The number of hydrogen-bond donors (Lipinski definition) is 2. The summed E-state index contributed by atoms with van der Waals surface area (Å²) in [4.78, 5) is 25.4. The first-order valence-electron chi connectivity index (χ1n) is 13.1. The van der Waals surface area contributed by atoms with Gasteiger partial charge in [0.1, 0.15) is 17.9 Å². The van der Waals surface area contributed by atoms with Crippen molar-refractivity contribution in [2.75, 3.05) is 13.1 Å². The average Bonchev–Trinajstić information content (AvgIpc) is 3.54. The lowest BCUT2D eigenvalue weighted by Gasteiger charge is -2.23. The van der Waals surface area contributed by atoms with Gasteiger partial charge in [0.05, 0.1) is 23.3 Å². The smallest absolute Gasteiger partial charge is 0.273 e. The van der Waals surface area contributed by atoms with E-state index >= 15 is 0 Å². The van der Waals surface area contributed by atoms with Crippen molar-refractivity contribution < 1.29 is 13.6 Å². The van der Waals surface area contributed by atoms with E-state index in [2.05, 4.69) is 43.4 Å². The third kappa shape index (κ3) is 6.40. The fourth-order valence-electron chi connectivity index (χ4n) is 5.00. The third-order valence-electron chi connectivity index (χ3n) is 6.98. The topological polar surface area (TPSA) is 97.9 Å².